The molecule has 34 heavy (non-hydrogen) atoms. The molecule has 0 radical (unpaired) electrons. The van der Waals surface area contributed by atoms with E-state index in [2.05, 4.69) is 35.9 Å². The quantitative estimate of drug-likeness (QED) is 0.337. The molecule has 0 aliphatic rings. The minimum Gasteiger partial charge on any atom is -0.383 e. The number of benzene rings is 1. The number of hydrogen-bond acceptors (Lipinski definition) is 8. The summed E-state index contributed by atoms with van der Waals surface area (Å²) in [5.74, 6) is -0.815. The topological polar surface area (TPSA) is 102 Å². The van der Waals surface area contributed by atoms with Crippen LogP contribution in [-0.2, 0) is 11.3 Å². The zero-order chi connectivity index (χ0) is 23.5. The van der Waals surface area contributed by atoms with Gasteiger partial charge in [-0.3, -0.25) is 9.97 Å². The maximum atomic E-state index is 13.7. The van der Waals surface area contributed by atoms with E-state index in [1.165, 1.54) is 12.1 Å². The molecule has 5 aromatic rings. The molecule has 5 rings (SSSR count). The molecule has 4 heterocycles. The summed E-state index contributed by atoms with van der Waals surface area (Å²) < 4.78 is 33.9. The van der Waals surface area contributed by atoms with Crippen LogP contribution in [0.4, 0.5) is 20.2 Å². The molecule has 0 aliphatic carbocycles. The van der Waals surface area contributed by atoms with Gasteiger partial charge in [-0.05, 0) is 36.4 Å². The van der Waals surface area contributed by atoms with Gasteiger partial charge in [0.2, 0.25) is 0 Å². The lowest BCUT2D eigenvalue weighted by atomic mass is 10.1. The van der Waals surface area contributed by atoms with Gasteiger partial charge in [0, 0.05) is 31.5 Å². The second-order valence-corrected chi connectivity index (χ2v) is 7.49. The van der Waals surface area contributed by atoms with Crippen molar-refractivity contribution in [1.29, 1.82) is 0 Å². The van der Waals surface area contributed by atoms with Gasteiger partial charge < -0.3 is 15.4 Å². The summed E-state index contributed by atoms with van der Waals surface area (Å²) in [5.41, 5.74) is 4.30. The van der Waals surface area contributed by atoms with Crippen LogP contribution in [0.15, 0.2) is 54.9 Å². The smallest absolute Gasteiger partial charge is 0.178 e. The van der Waals surface area contributed by atoms with Gasteiger partial charge in [0.05, 0.1) is 41.9 Å². The molecule has 0 unspecified atom stereocenters. The first kappa shape index (κ1) is 21.6. The van der Waals surface area contributed by atoms with Crippen molar-refractivity contribution in [3.63, 3.8) is 0 Å². The predicted molar refractivity (Wildman–Crippen MR) is 123 cm³/mol. The van der Waals surface area contributed by atoms with E-state index in [9.17, 15) is 8.78 Å². The number of pyridine rings is 2. The summed E-state index contributed by atoms with van der Waals surface area (Å²) in [7, 11) is 1.65. The van der Waals surface area contributed by atoms with E-state index in [-0.39, 0.29) is 0 Å². The summed E-state index contributed by atoms with van der Waals surface area (Å²) in [4.78, 5) is 8.94. The molecular formula is C23H20F2N8O. The Morgan fingerprint density at radius 2 is 1.82 bits per heavy atom. The van der Waals surface area contributed by atoms with Crippen LogP contribution in [0.5, 0.6) is 0 Å². The van der Waals surface area contributed by atoms with Crippen molar-refractivity contribution >= 4 is 28.1 Å². The average Bonchev–Trinajstić information content (AvgIpc) is 3.24. The Kier molecular flexibility index (Phi) is 5.91. The monoisotopic (exact) mass is 462 g/mol. The Labute approximate surface area is 192 Å². The first-order valence-corrected chi connectivity index (χ1v) is 10.5. The van der Waals surface area contributed by atoms with Crippen molar-refractivity contribution < 1.29 is 13.5 Å². The Hall–Kier alpha value is -4.25. The van der Waals surface area contributed by atoms with Crippen molar-refractivity contribution in [1.82, 2.24) is 29.8 Å². The van der Waals surface area contributed by atoms with Crippen LogP contribution in [-0.4, -0.2) is 50.0 Å². The molecule has 0 aliphatic heterocycles. The third-order valence-electron chi connectivity index (χ3n) is 5.14. The third-order valence-corrected chi connectivity index (χ3v) is 5.14. The third kappa shape index (κ3) is 4.46. The van der Waals surface area contributed by atoms with E-state index >= 15 is 0 Å². The maximum absolute atomic E-state index is 13.7. The van der Waals surface area contributed by atoms with Crippen molar-refractivity contribution in [2.75, 3.05) is 30.9 Å². The normalized spacial score (nSPS) is 11.3. The first-order chi connectivity index (χ1) is 16.6. The van der Waals surface area contributed by atoms with E-state index in [4.69, 9.17) is 4.74 Å². The number of methoxy groups -OCH3 is 1. The average molecular weight is 462 g/mol. The zero-order valence-electron chi connectivity index (χ0n) is 18.2. The van der Waals surface area contributed by atoms with Gasteiger partial charge in [0.25, 0.3) is 0 Å². The molecule has 0 amide bonds. The highest BCUT2D eigenvalue weighted by Crippen LogP contribution is 2.23. The summed E-state index contributed by atoms with van der Waals surface area (Å²) >= 11 is 0. The highest BCUT2D eigenvalue weighted by atomic mass is 19.1. The second-order valence-electron chi connectivity index (χ2n) is 7.49. The SMILES string of the molecule is COCCNc1cnc2c(NCc3nnc4ccc(-c5cc(F)cc(F)c5)nn34)ccnc2c1. The Bertz CT molecular complexity index is 1450. The molecule has 1 aromatic carbocycles. The molecule has 172 valence electrons. The summed E-state index contributed by atoms with van der Waals surface area (Å²) in [6.07, 6.45) is 3.44. The summed E-state index contributed by atoms with van der Waals surface area (Å²) in [5, 5.41) is 19.3. The maximum Gasteiger partial charge on any atom is 0.178 e. The Morgan fingerprint density at radius 1 is 0.971 bits per heavy atom. The molecule has 0 saturated heterocycles. The van der Waals surface area contributed by atoms with Crippen molar-refractivity contribution in [2.45, 2.75) is 6.54 Å². The van der Waals surface area contributed by atoms with E-state index in [0.717, 1.165) is 23.0 Å². The fourth-order valence-electron chi connectivity index (χ4n) is 3.54. The molecule has 2 N–H and O–H groups in total. The fraction of sp³-hybridized carbons (Fsp3) is 0.174. The largest absolute Gasteiger partial charge is 0.383 e. The van der Waals surface area contributed by atoms with Crippen LogP contribution < -0.4 is 10.6 Å². The Morgan fingerprint density at radius 3 is 2.65 bits per heavy atom. The number of nitrogens with zero attached hydrogens (tertiary/aromatic N) is 6. The predicted octanol–water partition coefficient (Wildman–Crippen LogP) is 3.68. The van der Waals surface area contributed by atoms with Crippen molar-refractivity contribution in [3.8, 4) is 11.3 Å². The fourth-order valence-corrected chi connectivity index (χ4v) is 3.54. The van der Waals surface area contributed by atoms with Gasteiger partial charge in [-0.2, -0.15) is 9.61 Å². The molecule has 0 saturated carbocycles. The van der Waals surface area contributed by atoms with Crippen molar-refractivity contribution in [3.05, 3.63) is 72.3 Å². The minimum absolute atomic E-state index is 0.295. The zero-order valence-corrected chi connectivity index (χ0v) is 18.2. The highest BCUT2D eigenvalue weighted by molar-refractivity contribution is 5.88. The molecule has 0 fully saturated rings. The second kappa shape index (κ2) is 9.32. The van der Waals surface area contributed by atoms with Gasteiger partial charge in [-0.1, -0.05) is 0 Å². The van der Waals surface area contributed by atoms with E-state index in [1.807, 2.05) is 12.1 Å². The summed E-state index contributed by atoms with van der Waals surface area (Å²) in [6, 6.07) is 10.4. The van der Waals surface area contributed by atoms with Gasteiger partial charge in [-0.15, -0.1) is 10.2 Å². The standard InChI is InChI=1S/C23H20F2N8O/c1-34-7-6-26-17-11-20-23(29-12-17)19(4-5-27-20)28-13-22-31-30-21-3-2-18(32-33(21)22)14-8-15(24)10-16(25)9-14/h2-5,8-12,26H,6-7,13H2,1H3,(H,27,28). The Balaban J connectivity index is 1.39. The molecule has 0 spiro atoms. The lowest BCUT2D eigenvalue weighted by Crippen LogP contribution is -2.09. The number of fused-ring (bicyclic) bond motifs is 2. The highest BCUT2D eigenvalue weighted by Gasteiger charge is 2.12. The number of aromatic nitrogens is 6. The molecule has 0 atom stereocenters. The van der Waals surface area contributed by atoms with E-state index in [1.54, 1.807) is 36.2 Å². The van der Waals surface area contributed by atoms with E-state index < -0.39 is 11.6 Å². The lowest BCUT2D eigenvalue weighted by Gasteiger charge is -2.10. The molecule has 4 aromatic heterocycles. The number of hydrogen-bond donors (Lipinski definition) is 2. The number of rotatable bonds is 8. The summed E-state index contributed by atoms with van der Waals surface area (Å²) in [6.45, 7) is 1.55. The molecule has 11 heteroatoms. The van der Waals surface area contributed by atoms with Crippen LogP contribution >= 0.6 is 0 Å². The number of nitrogens with one attached hydrogen (secondary N) is 2. The molecular weight excluding hydrogens is 442 g/mol. The van der Waals surface area contributed by atoms with Gasteiger partial charge >= 0.3 is 0 Å². The minimum atomic E-state index is -0.670. The van der Waals surface area contributed by atoms with Crippen LogP contribution in [0.3, 0.4) is 0 Å². The van der Waals surface area contributed by atoms with Crippen LogP contribution in [0.1, 0.15) is 5.82 Å². The number of anilines is 2. The van der Waals surface area contributed by atoms with Gasteiger partial charge in [0.15, 0.2) is 11.5 Å². The molecule has 9 nitrogen and oxygen atoms in total. The molecule has 0 bridgehead atoms. The first-order valence-electron chi connectivity index (χ1n) is 10.5. The number of ether oxygens (including phenoxy) is 1. The van der Waals surface area contributed by atoms with Crippen LogP contribution in [0, 0.1) is 11.6 Å². The van der Waals surface area contributed by atoms with E-state index in [0.29, 0.717) is 47.9 Å². The van der Waals surface area contributed by atoms with Crippen LogP contribution in [0.25, 0.3) is 27.9 Å². The van der Waals surface area contributed by atoms with Crippen molar-refractivity contribution in [2.24, 2.45) is 0 Å². The van der Waals surface area contributed by atoms with Gasteiger partial charge in [0.1, 0.15) is 17.2 Å². The van der Waals surface area contributed by atoms with Gasteiger partial charge in [-0.25, -0.2) is 8.78 Å². The number of halogens is 2. The van der Waals surface area contributed by atoms with Crippen LogP contribution in [0.2, 0.25) is 0 Å². The lowest BCUT2D eigenvalue weighted by molar-refractivity contribution is 0.211.